The summed E-state index contributed by atoms with van der Waals surface area (Å²) in [6, 6.07) is 5.82. The average molecular weight is 342 g/mol. The maximum Gasteiger partial charge on any atom is 0.238 e. The summed E-state index contributed by atoms with van der Waals surface area (Å²) < 4.78 is 28.0. The molecule has 0 unspecified atom stereocenters. The molecule has 2 atom stereocenters. The lowest BCUT2D eigenvalue weighted by Gasteiger charge is -2.32. The standard InChI is InChI=1S/C15H23N3O4S/c1-11-9-18(10-12(2)22-11)8-7-15(19)17-13-3-5-14(6-4-13)23(16,20)21/h3-6,11-12H,7-10H2,1-2H3,(H,17,19)(H2,16,20,21)/p+1/t11-,12-/m0/s1. The highest BCUT2D eigenvalue weighted by Gasteiger charge is 2.25. The maximum atomic E-state index is 12.0. The van der Waals surface area contributed by atoms with Crippen molar-refractivity contribution in [2.24, 2.45) is 5.14 Å². The zero-order valence-corrected chi connectivity index (χ0v) is 14.2. The Morgan fingerprint density at radius 3 is 2.35 bits per heavy atom. The van der Waals surface area contributed by atoms with Crippen molar-refractivity contribution in [1.29, 1.82) is 0 Å². The Morgan fingerprint density at radius 1 is 1.26 bits per heavy atom. The molecule has 8 heteroatoms. The number of amides is 1. The average Bonchev–Trinajstić information content (AvgIpc) is 2.44. The number of hydrogen-bond acceptors (Lipinski definition) is 4. The Labute approximate surface area is 136 Å². The van der Waals surface area contributed by atoms with Gasteiger partial charge in [0.25, 0.3) is 0 Å². The third-order valence-corrected chi connectivity index (χ3v) is 4.72. The van der Waals surface area contributed by atoms with E-state index in [1.807, 2.05) is 13.8 Å². The van der Waals surface area contributed by atoms with Crippen LogP contribution < -0.4 is 15.4 Å². The summed E-state index contributed by atoms with van der Waals surface area (Å²) >= 11 is 0. The summed E-state index contributed by atoms with van der Waals surface area (Å²) in [7, 11) is -3.71. The molecule has 0 aliphatic carbocycles. The Bertz CT molecular complexity index is 635. The van der Waals surface area contributed by atoms with Crippen molar-refractivity contribution in [1.82, 2.24) is 0 Å². The van der Waals surface area contributed by atoms with Gasteiger partial charge in [-0.3, -0.25) is 4.79 Å². The molecule has 1 heterocycles. The number of quaternary nitrogens is 1. The summed E-state index contributed by atoms with van der Waals surface area (Å²) in [6.45, 7) is 6.64. The van der Waals surface area contributed by atoms with Gasteiger partial charge >= 0.3 is 0 Å². The largest absolute Gasteiger partial charge is 0.364 e. The molecule has 1 fully saturated rings. The summed E-state index contributed by atoms with van der Waals surface area (Å²) in [6.07, 6.45) is 0.830. The van der Waals surface area contributed by atoms with Crippen LogP contribution >= 0.6 is 0 Å². The molecule has 7 nitrogen and oxygen atoms in total. The summed E-state index contributed by atoms with van der Waals surface area (Å²) in [5, 5.41) is 7.80. The molecule has 128 valence electrons. The van der Waals surface area contributed by atoms with Gasteiger partial charge < -0.3 is 15.0 Å². The lowest BCUT2D eigenvalue weighted by atomic mass is 10.2. The van der Waals surface area contributed by atoms with Crippen LogP contribution in [0.2, 0.25) is 0 Å². The molecule has 2 rings (SSSR count). The van der Waals surface area contributed by atoms with E-state index in [1.54, 1.807) is 0 Å². The molecular weight excluding hydrogens is 318 g/mol. The molecule has 1 amide bonds. The van der Waals surface area contributed by atoms with E-state index in [-0.39, 0.29) is 23.0 Å². The first-order chi connectivity index (χ1) is 10.7. The van der Waals surface area contributed by atoms with E-state index < -0.39 is 10.0 Å². The maximum absolute atomic E-state index is 12.0. The molecule has 4 N–H and O–H groups in total. The van der Waals surface area contributed by atoms with Crippen molar-refractivity contribution in [2.45, 2.75) is 37.4 Å². The minimum Gasteiger partial charge on any atom is -0.364 e. The number of primary sulfonamides is 1. The van der Waals surface area contributed by atoms with Gasteiger partial charge in [-0.15, -0.1) is 0 Å². The number of hydrogen-bond donors (Lipinski definition) is 3. The van der Waals surface area contributed by atoms with Crippen molar-refractivity contribution in [2.75, 3.05) is 25.0 Å². The number of carbonyl (C=O) groups excluding carboxylic acids is 1. The third kappa shape index (κ3) is 5.58. The summed E-state index contributed by atoms with van der Waals surface area (Å²) in [5.41, 5.74) is 0.557. The van der Waals surface area contributed by atoms with Gasteiger partial charge in [-0.05, 0) is 38.1 Å². The lowest BCUT2D eigenvalue weighted by Crippen LogP contribution is -3.15. The fraction of sp³-hybridized carbons (Fsp3) is 0.533. The molecule has 1 aliphatic heterocycles. The van der Waals surface area contributed by atoms with Crippen molar-refractivity contribution < 1.29 is 22.8 Å². The minimum absolute atomic E-state index is 0.0243. The van der Waals surface area contributed by atoms with E-state index in [1.165, 1.54) is 29.2 Å². The van der Waals surface area contributed by atoms with Gasteiger partial charge in [0.15, 0.2) is 0 Å². The number of benzene rings is 1. The van der Waals surface area contributed by atoms with Crippen molar-refractivity contribution in [3.63, 3.8) is 0 Å². The number of morpholine rings is 1. The normalized spacial score (nSPS) is 25.1. The zero-order chi connectivity index (χ0) is 17.0. The van der Waals surface area contributed by atoms with Gasteiger partial charge in [-0.1, -0.05) is 0 Å². The first-order valence-corrected chi connectivity index (χ1v) is 9.20. The summed E-state index contributed by atoms with van der Waals surface area (Å²) in [5.74, 6) is -0.0901. The molecule has 0 saturated carbocycles. The fourth-order valence-corrected chi connectivity index (χ4v) is 3.35. The topological polar surface area (TPSA) is 103 Å². The Balaban J connectivity index is 1.83. The van der Waals surface area contributed by atoms with Gasteiger partial charge in [0, 0.05) is 5.69 Å². The fourth-order valence-electron chi connectivity index (χ4n) is 2.84. The second-order valence-corrected chi connectivity index (χ2v) is 7.59. The predicted octanol–water partition coefficient (Wildman–Crippen LogP) is -0.645. The molecule has 23 heavy (non-hydrogen) atoms. The summed E-state index contributed by atoms with van der Waals surface area (Å²) in [4.78, 5) is 13.4. The number of carbonyl (C=O) groups is 1. The van der Waals surface area contributed by atoms with Gasteiger partial charge in [-0.2, -0.15) is 0 Å². The van der Waals surface area contributed by atoms with Crippen molar-refractivity contribution >= 4 is 21.6 Å². The Kier molecular flexibility index (Phi) is 5.74. The number of sulfonamides is 1. The van der Waals surface area contributed by atoms with Crippen LogP contribution in [0.1, 0.15) is 20.3 Å². The quantitative estimate of drug-likeness (QED) is 0.662. The SMILES string of the molecule is C[C@H]1C[NH+](CCC(=O)Nc2ccc(S(N)(=O)=O)cc2)C[C@H](C)O1. The molecule has 1 saturated heterocycles. The minimum atomic E-state index is -3.71. The van der Waals surface area contributed by atoms with Crippen LogP contribution in [0.25, 0.3) is 0 Å². The molecule has 1 aliphatic rings. The van der Waals surface area contributed by atoms with E-state index in [4.69, 9.17) is 9.88 Å². The molecule has 1 aromatic rings. The van der Waals surface area contributed by atoms with Gasteiger partial charge in [-0.25, -0.2) is 13.6 Å². The first-order valence-electron chi connectivity index (χ1n) is 7.66. The van der Waals surface area contributed by atoms with Gasteiger partial charge in [0.05, 0.1) is 17.9 Å². The van der Waals surface area contributed by atoms with Crippen LogP contribution in [0.5, 0.6) is 0 Å². The number of anilines is 1. The highest BCUT2D eigenvalue weighted by molar-refractivity contribution is 7.89. The van der Waals surface area contributed by atoms with Crippen molar-refractivity contribution in [3.05, 3.63) is 24.3 Å². The number of nitrogens with one attached hydrogen (secondary N) is 2. The van der Waals surface area contributed by atoms with Crippen LogP contribution in [0, 0.1) is 0 Å². The molecule has 0 radical (unpaired) electrons. The predicted molar refractivity (Wildman–Crippen MR) is 86.6 cm³/mol. The zero-order valence-electron chi connectivity index (χ0n) is 13.4. The van der Waals surface area contributed by atoms with Crippen LogP contribution in [-0.2, 0) is 19.6 Å². The molecule has 0 spiro atoms. The monoisotopic (exact) mass is 342 g/mol. The molecule has 0 aromatic heterocycles. The Morgan fingerprint density at radius 2 is 1.83 bits per heavy atom. The number of ether oxygens (including phenoxy) is 1. The van der Waals surface area contributed by atoms with E-state index in [9.17, 15) is 13.2 Å². The molecule has 0 bridgehead atoms. The second kappa shape index (κ2) is 7.39. The van der Waals surface area contributed by atoms with Crippen LogP contribution in [0.15, 0.2) is 29.2 Å². The van der Waals surface area contributed by atoms with E-state index in [2.05, 4.69) is 5.32 Å². The third-order valence-electron chi connectivity index (χ3n) is 3.79. The van der Waals surface area contributed by atoms with E-state index in [0.717, 1.165) is 19.6 Å². The smallest absolute Gasteiger partial charge is 0.238 e. The number of rotatable bonds is 5. The van der Waals surface area contributed by atoms with E-state index >= 15 is 0 Å². The molecule has 1 aromatic carbocycles. The van der Waals surface area contributed by atoms with Crippen LogP contribution in [0.4, 0.5) is 5.69 Å². The van der Waals surface area contributed by atoms with Crippen LogP contribution in [-0.4, -0.2) is 46.2 Å². The van der Waals surface area contributed by atoms with E-state index in [0.29, 0.717) is 12.1 Å². The van der Waals surface area contributed by atoms with Crippen LogP contribution in [0.3, 0.4) is 0 Å². The van der Waals surface area contributed by atoms with Crippen molar-refractivity contribution in [3.8, 4) is 0 Å². The first kappa shape index (κ1) is 17.9. The number of nitrogens with two attached hydrogens (primary N) is 1. The Hall–Kier alpha value is -1.48. The second-order valence-electron chi connectivity index (χ2n) is 6.03. The molecular formula is C15H24N3O4S+. The highest BCUT2D eigenvalue weighted by Crippen LogP contribution is 2.12. The highest BCUT2D eigenvalue weighted by atomic mass is 32.2. The van der Waals surface area contributed by atoms with Gasteiger partial charge in [0.1, 0.15) is 25.3 Å². The lowest BCUT2D eigenvalue weighted by molar-refractivity contribution is -0.914. The van der Waals surface area contributed by atoms with Gasteiger partial charge in [0.2, 0.25) is 15.9 Å².